The number of hydrogen-bond donors (Lipinski definition) is 1. The fourth-order valence-corrected chi connectivity index (χ4v) is 4.88. The molecular formula is C23H27NO3. The van der Waals surface area contributed by atoms with Crippen LogP contribution >= 0.6 is 0 Å². The van der Waals surface area contributed by atoms with Crippen LogP contribution in [0.4, 0.5) is 0 Å². The Labute approximate surface area is 160 Å². The molecule has 1 aliphatic heterocycles. The lowest BCUT2D eigenvalue weighted by Gasteiger charge is -2.26. The molecule has 0 spiro atoms. The van der Waals surface area contributed by atoms with Gasteiger partial charge in [0.1, 0.15) is 5.75 Å². The van der Waals surface area contributed by atoms with Crippen LogP contribution in [0.25, 0.3) is 0 Å². The molecule has 1 aliphatic carbocycles. The number of rotatable bonds is 6. The number of nitrogens with zero attached hydrogens (tertiary/aromatic N) is 1. The molecule has 1 saturated heterocycles. The molecule has 1 N–H and O–H groups in total. The molecule has 4 rings (SSSR count). The number of hydrogen-bond acceptors (Lipinski definition) is 4. The summed E-state index contributed by atoms with van der Waals surface area (Å²) in [5, 5.41) is 11.0. The first-order valence-electron chi connectivity index (χ1n) is 9.70. The first-order chi connectivity index (χ1) is 13.0. The lowest BCUT2D eigenvalue weighted by Crippen LogP contribution is -2.34. The van der Waals surface area contributed by atoms with E-state index in [2.05, 4.69) is 17.0 Å². The molecule has 4 nitrogen and oxygen atoms in total. The summed E-state index contributed by atoms with van der Waals surface area (Å²) >= 11 is 0. The highest BCUT2D eigenvalue weighted by molar-refractivity contribution is 5.97. The van der Waals surface area contributed by atoms with Crippen molar-refractivity contribution in [2.75, 3.05) is 26.7 Å². The zero-order valence-corrected chi connectivity index (χ0v) is 15.8. The van der Waals surface area contributed by atoms with Crippen molar-refractivity contribution >= 4 is 5.78 Å². The molecule has 2 aromatic carbocycles. The maximum absolute atomic E-state index is 12.6. The summed E-state index contributed by atoms with van der Waals surface area (Å²) in [5.41, 5.74) is 1.34. The summed E-state index contributed by atoms with van der Waals surface area (Å²) in [7, 11) is 1.62. The molecule has 1 saturated carbocycles. The summed E-state index contributed by atoms with van der Waals surface area (Å²) in [6, 6.07) is 17.6. The monoisotopic (exact) mass is 365 g/mol. The van der Waals surface area contributed by atoms with Crippen molar-refractivity contribution in [1.82, 2.24) is 4.90 Å². The molecule has 0 radical (unpaired) electrons. The maximum atomic E-state index is 12.6. The molecule has 1 heterocycles. The number of carbonyl (C=O) groups excluding carboxylic acids is 1. The quantitative estimate of drug-likeness (QED) is 0.799. The van der Waals surface area contributed by atoms with E-state index in [0.717, 1.165) is 43.7 Å². The zero-order chi connectivity index (χ0) is 18.9. The summed E-state index contributed by atoms with van der Waals surface area (Å²) in [5.74, 6) is 1.89. The minimum Gasteiger partial charge on any atom is -0.497 e. The van der Waals surface area contributed by atoms with Crippen LogP contribution in [0.1, 0.15) is 28.8 Å². The minimum absolute atomic E-state index is 0.150. The molecule has 4 heteroatoms. The molecule has 2 aliphatic rings. The van der Waals surface area contributed by atoms with Crippen LogP contribution in [0.15, 0.2) is 54.6 Å². The summed E-state index contributed by atoms with van der Waals surface area (Å²) in [4.78, 5) is 14.8. The van der Waals surface area contributed by atoms with Gasteiger partial charge in [-0.25, -0.2) is 0 Å². The Bertz CT molecular complexity index is 773. The van der Waals surface area contributed by atoms with E-state index in [9.17, 15) is 9.90 Å². The van der Waals surface area contributed by atoms with Crippen molar-refractivity contribution in [2.24, 2.45) is 11.8 Å². The van der Waals surface area contributed by atoms with E-state index in [4.69, 9.17) is 4.74 Å². The molecule has 2 aromatic rings. The van der Waals surface area contributed by atoms with Crippen LogP contribution in [0.3, 0.4) is 0 Å². The average molecular weight is 365 g/mol. The average Bonchev–Trinajstić information content (AvgIpc) is 3.16. The highest BCUT2D eigenvalue weighted by atomic mass is 16.5. The maximum Gasteiger partial charge on any atom is 0.176 e. The van der Waals surface area contributed by atoms with Gasteiger partial charge < -0.3 is 9.84 Å². The van der Waals surface area contributed by atoms with Gasteiger partial charge in [0.2, 0.25) is 0 Å². The van der Waals surface area contributed by atoms with Gasteiger partial charge in [0.05, 0.1) is 19.3 Å². The largest absolute Gasteiger partial charge is 0.497 e. The first kappa shape index (κ1) is 18.2. The predicted octanol–water partition coefficient (Wildman–Crippen LogP) is 3.19. The SMILES string of the molecule is COc1ccc(C(=O)CN2C[C@@H]3C[C@@](O)(Cc4ccccc4)C[C@@H]3C2)cc1. The van der Waals surface area contributed by atoms with Crippen molar-refractivity contribution in [2.45, 2.75) is 24.9 Å². The number of aliphatic hydroxyl groups is 1. The lowest BCUT2D eigenvalue weighted by atomic mass is 9.91. The summed E-state index contributed by atoms with van der Waals surface area (Å²) in [6.07, 6.45) is 2.39. The number of benzene rings is 2. The third-order valence-corrected chi connectivity index (χ3v) is 6.09. The molecule has 0 bridgehead atoms. The van der Waals surface area contributed by atoms with Crippen LogP contribution in [0.2, 0.25) is 0 Å². The summed E-state index contributed by atoms with van der Waals surface area (Å²) in [6.45, 7) is 2.27. The molecule has 0 amide bonds. The third kappa shape index (κ3) is 4.07. The van der Waals surface area contributed by atoms with E-state index in [-0.39, 0.29) is 5.78 Å². The van der Waals surface area contributed by atoms with E-state index in [0.29, 0.717) is 18.4 Å². The van der Waals surface area contributed by atoms with Crippen LogP contribution in [0, 0.1) is 11.8 Å². The van der Waals surface area contributed by atoms with Crippen LogP contribution < -0.4 is 4.74 Å². The van der Waals surface area contributed by atoms with E-state index < -0.39 is 5.60 Å². The Morgan fingerprint density at radius 1 is 1.07 bits per heavy atom. The lowest BCUT2D eigenvalue weighted by molar-refractivity contribution is 0.0355. The second-order valence-corrected chi connectivity index (χ2v) is 8.16. The van der Waals surface area contributed by atoms with Crippen molar-refractivity contribution in [1.29, 1.82) is 0 Å². The third-order valence-electron chi connectivity index (χ3n) is 6.09. The van der Waals surface area contributed by atoms with Gasteiger partial charge in [0.25, 0.3) is 0 Å². The second-order valence-electron chi connectivity index (χ2n) is 8.16. The normalized spacial score (nSPS) is 27.5. The van der Waals surface area contributed by atoms with Crippen molar-refractivity contribution in [3.63, 3.8) is 0 Å². The number of fused-ring (bicyclic) bond motifs is 1. The second kappa shape index (κ2) is 7.45. The Balaban J connectivity index is 1.32. The standard InChI is InChI=1S/C23H27NO3/c1-27-21-9-7-18(8-10-21)22(25)16-24-14-19-12-23(26,13-20(19)15-24)11-17-5-3-2-4-6-17/h2-10,19-20,26H,11-16H2,1H3/t19-,20+,23-. The number of Topliss-reactive ketones (excluding diaryl/α,β-unsaturated/α-hetero) is 1. The van der Waals surface area contributed by atoms with Gasteiger partial charge >= 0.3 is 0 Å². The number of carbonyl (C=O) groups is 1. The fraction of sp³-hybridized carbons (Fsp3) is 0.435. The Morgan fingerprint density at radius 3 is 2.30 bits per heavy atom. The predicted molar refractivity (Wildman–Crippen MR) is 105 cm³/mol. The van der Waals surface area contributed by atoms with E-state index in [1.165, 1.54) is 5.56 Å². The molecule has 142 valence electrons. The topological polar surface area (TPSA) is 49.8 Å². The number of methoxy groups -OCH3 is 1. The first-order valence-corrected chi connectivity index (χ1v) is 9.70. The Hall–Kier alpha value is -2.17. The van der Waals surface area contributed by atoms with E-state index in [1.54, 1.807) is 7.11 Å². The van der Waals surface area contributed by atoms with Crippen LogP contribution in [0.5, 0.6) is 5.75 Å². The fourth-order valence-electron chi connectivity index (χ4n) is 4.88. The molecule has 27 heavy (non-hydrogen) atoms. The molecule has 2 fully saturated rings. The van der Waals surface area contributed by atoms with Gasteiger partial charge in [0, 0.05) is 25.1 Å². The van der Waals surface area contributed by atoms with E-state index >= 15 is 0 Å². The Morgan fingerprint density at radius 2 is 1.70 bits per heavy atom. The van der Waals surface area contributed by atoms with Crippen LogP contribution in [-0.4, -0.2) is 48.1 Å². The summed E-state index contributed by atoms with van der Waals surface area (Å²) < 4.78 is 5.15. The number of ether oxygens (including phenoxy) is 1. The van der Waals surface area contributed by atoms with Gasteiger partial charge in [-0.1, -0.05) is 30.3 Å². The van der Waals surface area contributed by atoms with Gasteiger partial charge in [0.15, 0.2) is 5.78 Å². The number of likely N-dealkylation sites (tertiary alicyclic amines) is 1. The number of ketones is 1. The van der Waals surface area contributed by atoms with Gasteiger partial charge in [-0.2, -0.15) is 0 Å². The minimum atomic E-state index is -0.594. The van der Waals surface area contributed by atoms with Crippen molar-refractivity contribution in [3.05, 3.63) is 65.7 Å². The zero-order valence-electron chi connectivity index (χ0n) is 15.8. The van der Waals surface area contributed by atoms with Crippen molar-refractivity contribution in [3.8, 4) is 5.75 Å². The highest BCUT2D eigenvalue weighted by Gasteiger charge is 2.48. The Kier molecular flexibility index (Phi) is 5.02. The van der Waals surface area contributed by atoms with E-state index in [1.807, 2.05) is 42.5 Å². The molecule has 3 atom stereocenters. The molecular weight excluding hydrogens is 338 g/mol. The molecule has 0 aromatic heterocycles. The molecule has 0 unspecified atom stereocenters. The van der Waals surface area contributed by atoms with Crippen molar-refractivity contribution < 1.29 is 14.6 Å². The van der Waals surface area contributed by atoms with Crippen LogP contribution in [-0.2, 0) is 6.42 Å². The van der Waals surface area contributed by atoms with Gasteiger partial charge in [-0.05, 0) is 54.5 Å². The smallest absolute Gasteiger partial charge is 0.176 e. The van der Waals surface area contributed by atoms with Gasteiger partial charge in [-0.3, -0.25) is 9.69 Å². The highest BCUT2D eigenvalue weighted by Crippen LogP contribution is 2.45. The van der Waals surface area contributed by atoms with Gasteiger partial charge in [-0.15, -0.1) is 0 Å².